The summed E-state index contributed by atoms with van der Waals surface area (Å²) in [6.07, 6.45) is 1.13. The number of nitrogens with zero attached hydrogens (tertiary/aromatic N) is 1. The van der Waals surface area contributed by atoms with E-state index in [2.05, 4.69) is 10.3 Å². The Morgan fingerprint density at radius 1 is 1.31 bits per heavy atom. The highest BCUT2D eigenvalue weighted by Gasteiger charge is 2.15. The summed E-state index contributed by atoms with van der Waals surface area (Å²) in [7, 11) is 1.73. The molecular weight excluding hydrogens is 374 g/mol. The van der Waals surface area contributed by atoms with Crippen LogP contribution >= 0.6 is 0 Å². The summed E-state index contributed by atoms with van der Waals surface area (Å²) >= 11 is 0. The molecule has 1 atom stereocenters. The van der Waals surface area contributed by atoms with Crippen molar-refractivity contribution in [3.05, 3.63) is 40.8 Å². The summed E-state index contributed by atoms with van der Waals surface area (Å²) in [6, 6.07) is 7.55. The van der Waals surface area contributed by atoms with Gasteiger partial charge in [-0.05, 0) is 39.0 Å². The molecule has 0 saturated carbocycles. The maximum atomic E-state index is 12.3. The van der Waals surface area contributed by atoms with Gasteiger partial charge in [0.25, 0.3) is 11.5 Å². The Morgan fingerprint density at radius 3 is 2.59 bits per heavy atom. The molecule has 1 unspecified atom stereocenters. The van der Waals surface area contributed by atoms with Gasteiger partial charge >= 0.3 is 0 Å². The Hall–Kier alpha value is -2.84. The van der Waals surface area contributed by atoms with Crippen LogP contribution in [0.15, 0.2) is 35.3 Å². The van der Waals surface area contributed by atoms with E-state index in [4.69, 9.17) is 14.6 Å². The second-order valence-corrected chi connectivity index (χ2v) is 7.94. The quantitative estimate of drug-likeness (QED) is 0.519. The number of aliphatic hydroxyl groups is 1. The van der Waals surface area contributed by atoms with Crippen molar-refractivity contribution >= 4 is 27.8 Å². The number of carboxylic acids is 1. The summed E-state index contributed by atoms with van der Waals surface area (Å²) in [5.41, 5.74) is 1.27. The topological polar surface area (TPSA) is 117 Å². The third kappa shape index (κ3) is 6.07. The number of rotatable bonds is 5. The van der Waals surface area contributed by atoms with Gasteiger partial charge in [-0.2, -0.15) is 0 Å². The highest BCUT2D eigenvalue weighted by atomic mass is 16.5. The molecular formula is C21H29N3O5. The number of ether oxygens (including phenoxy) is 1. The lowest BCUT2D eigenvalue weighted by Crippen LogP contribution is -2.42. The second-order valence-electron chi connectivity index (χ2n) is 7.94. The number of aromatic nitrogens is 2. The minimum absolute atomic E-state index is 0.0577. The number of aromatic amines is 1. The SMILES string of the molecule is CC(=O)O.Cn1ccc2c([nH]c3cccc(OCC(O)CNC(C)(C)C)c32)c1=O. The monoisotopic (exact) mass is 403 g/mol. The molecule has 2 aromatic heterocycles. The van der Waals surface area contributed by atoms with Gasteiger partial charge in [0.15, 0.2) is 0 Å². The maximum Gasteiger partial charge on any atom is 0.300 e. The van der Waals surface area contributed by atoms with Crippen LogP contribution in [0.1, 0.15) is 27.7 Å². The third-order valence-electron chi connectivity index (χ3n) is 4.12. The molecule has 2 heterocycles. The normalized spacial score (nSPS) is 12.5. The van der Waals surface area contributed by atoms with E-state index in [9.17, 15) is 9.90 Å². The molecule has 0 bridgehead atoms. The van der Waals surface area contributed by atoms with Gasteiger partial charge in [0.2, 0.25) is 0 Å². The number of H-pyrrole nitrogens is 1. The number of carboxylic acid groups (broad SMARTS) is 1. The van der Waals surface area contributed by atoms with E-state index >= 15 is 0 Å². The second kappa shape index (κ2) is 9.11. The molecule has 1 aromatic carbocycles. The predicted octanol–water partition coefficient (Wildman–Crippen LogP) is 2.24. The highest BCUT2D eigenvalue weighted by Crippen LogP contribution is 2.31. The van der Waals surface area contributed by atoms with Gasteiger partial charge in [-0.25, -0.2) is 0 Å². The minimum atomic E-state index is -0.833. The highest BCUT2D eigenvalue weighted by molar-refractivity contribution is 6.10. The zero-order valence-corrected chi connectivity index (χ0v) is 17.4. The number of aryl methyl sites for hydroxylation is 1. The minimum Gasteiger partial charge on any atom is -0.490 e. The number of pyridine rings is 1. The van der Waals surface area contributed by atoms with Gasteiger partial charge < -0.3 is 29.8 Å². The lowest BCUT2D eigenvalue weighted by molar-refractivity contribution is -0.134. The Kier molecular flexibility index (Phi) is 7.05. The number of nitrogens with one attached hydrogen (secondary N) is 2. The molecule has 0 saturated heterocycles. The standard InChI is InChI=1S/C19H25N3O3.C2H4O2/c1-19(2,3)20-10-12(23)11-25-15-7-5-6-14-16(15)13-8-9-22(4)18(24)17(13)21-14;1-2(3)4/h5-9,12,20-21,23H,10-11H2,1-4H3;1H3,(H,3,4). The Morgan fingerprint density at radius 2 is 1.97 bits per heavy atom. The van der Waals surface area contributed by atoms with Crippen LogP contribution in [0.25, 0.3) is 21.8 Å². The van der Waals surface area contributed by atoms with Gasteiger partial charge in [-0.15, -0.1) is 0 Å². The molecule has 29 heavy (non-hydrogen) atoms. The number of hydrogen-bond acceptors (Lipinski definition) is 5. The van der Waals surface area contributed by atoms with E-state index < -0.39 is 12.1 Å². The summed E-state index contributed by atoms with van der Waals surface area (Å²) in [6.45, 7) is 7.86. The first kappa shape index (κ1) is 22.4. The number of benzene rings is 1. The predicted molar refractivity (Wildman–Crippen MR) is 114 cm³/mol. The molecule has 0 aliphatic rings. The van der Waals surface area contributed by atoms with Gasteiger partial charge in [0.1, 0.15) is 24.0 Å². The number of aliphatic hydroxyl groups excluding tert-OH is 1. The molecule has 0 radical (unpaired) electrons. The van der Waals surface area contributed by atoms with Crippen molar-refractivity contribution in [2.24, 2.45) is 7.05 Å². The van der Waals surface area contributed by atoms with Gasteiger partial charge in [0, 0.05) is 43.0 Å². The van der Waals surface area contributed by atoms with E-state index in [1.54, 1.807) is 17.8 Å². The lowest BCUT2D eigenvalue weighted by atomic mass is 10.1. The Labute approximate surface area is 169 Å². The van der Waals surface area contributed by atoms with E-state index in [0.717, 1.165) is 23.2 Å². The van der Waals surface area contributed by atoms with E-state index in [0.29, 0.717) is 17.8 Å². The van der Waals surface area contributed by atoms with Crippen LogP contribution in [-0.4, -0.2) is 50.5 Å². The van der Waals surface area contributed by atoms with Gasteiger partial charge in [-0.1, -0.05) is 6.07 Å². The number of fused-ring (bicyclic) bond motifs is 3. The van der Waals surface area contributed by atoms with Crippen LogP contribution in [0.2, 0.25) is 0 Å². The smallest absolute Gasteiger partial charge is 0.300 e. The molecule has 0 amide bonds. The van der Waals surface area contributed by atoms with Gasteiger partial charge in [-0.3, -0.25) is 9.59 Å². The van der Waals surface area contributed by atoms with Gasteiger partial charge in [0.05, 0.1) is 5.52 Å². The molecule has 158 valence electrons. The van der Waals surface area contributed by atoms with Crippen LogP contribution in [0.5, 0.6) is 5.75 Å². The molecule has 0 aliphatic carbocycles. The summed E-state index contributed by atoms with van der Waals surface area (Å²) in [5, 5.41) is 22.5. The molecule has 3 rings (SSSR count). The fourth-order valence-corrected chi connectivity index (χ4v) is 2.80. The molecule has 8 heteroatoms. The molecule has 4 N–H and O–H groups in total. The van der Waals surface area contributed by atoms with Crippen molar-refractivity contribution in [1.82, 2.24) is 14.9 Å². The number of carbonyl (C=O) groups is 1. The van der Waals surface area contributed by atoms with Crippen molar-refractivity contribution in [2.45, 2.75) is 39.3 Å². The fraction of sp³-hybridized carbons (Fsp3) is 0.429. The van der Waals surface area contributed by atoms with Crippen molar-refractivity contribution in [1.29, 1.82) is 0 Å². The number of aliphatic carboxylic acids is 1. The van der Waals surface area contributed by atoms with Crippen LogP contribution in [0, 0.1) is 0 Å². The largest absolute Gasteiger partial charge is 0.490 e. The average Bonchev–Trinajstić information content (AvgIpc) is 3.00. The van der Waals surface area contributed by atoms with Crippen LogP contribution in [0.4, 0.5) is 0 Å². The van der Waals surface area contributed by atoms with Crippen LogP contribution in [-0.2, 0) is 11.8 Å². The first-order valence-electron chi connectivity index (χ1n) is 9.35. The van der Waals surface area contributed by atoms with Crippen LogP contribution in [0.3, 0.4) is 0 Å². The van der Waals surface area contributed by atoms with E-state index in [1.165, 1.54) is 0 Å². The number of β-amino-alcohol motifs (C(OH)–C–C–N with tert-alkyl or cyclic N) is 1. The first-order chi connectivity index (χ1) is 13.5. The molecule has 0 spiro atoms. The average molecular weight is 403 g/mol. The van der Waals surface area contributed by atoms with E-state index in [1.807, 2.05) is 45.0 Å². The molecule has 3 aromatic rings. The molecule has 0 aliphatic heterocycles. The van der Waals surface area contributed by atoms with Crippen molar-refractivity contribution in [2.75, 3.05) is 13.2 Å². The third-order valence-corrected chi connectivity index (χ3v) is 4.12. The summed E-state index contributed by atoms with van der Waals surface area (Å²) in [4.78, 5) is 24.5. The van der Waals surface area contributed by atoms with Crippen molar-refractivity contribution in [3.8, 4) is 5.75 Å². The molecule has 0 fully saturated rings. The summed E-state index contributed by atoms with van der Waals surface area (Å²) < 4.78 is 7.41. The summed E-state index contributed by atoms with van der Waals surface area (Å²) in [5.74, 6) is -0.174. The Balaban J connectivity index is 0.000000687. The first-order valence-corrected chi connectivity index (χ1v) is 9.35. The van der Waals surface area contributed by atoms with Crippen molar-refractivity contribution in [3.63, 3.8) is 0 Å². The van der Waals surface area contributed by atoms with Crippen LogP contribution < -0.4 is 15.6 Å². The molecule has 8 nitrogen and oxygen atoms in total. The zero-order valence-electron chi connectivity index (χ0n) is 17.4. The number of hydrogen-bond donors (Lipinski definition) is 4. The zero-order chi connectivity index (χ0) is 21.8. The fourth-order valence-electron chi connectivity index (χ4n) is 2.80. The van der Waals surface area contributed by atoms with Crippen molar-refractivity contribution < 1.29 is 19.7 Å². The lowest BCUT2D eigenvalue weighted by Gasteiger charge is -2.23. The Bertz CT molecular complexity index is 1040. The maximum absolute atomic E-state index is 12.3. The van der Waals surface area contributed by atoms with E-state index in [-0.39, 0.29) is 17.7 Å².